The normalized spacial score (nSPS) is 10.7. The average Bonchev–Trinajstić information content (AvgIpc) is 2.45. The molecule has 0 radical (unpaired) electrons. The van der Waals surface area contributed by atoms with E-state index < -0.39 is 24.3 Å². The molecular formula is C13H22N2O5. The standard InChI is InChI=1S/C13H22N2O5/c1-5-6-7-15(11(16)8-12(17)19-3)10(9-14-2)13(18)20-4/h9,14H,5-8H2,1-4H3/b10-9+. The first kappa shape index (κ1) is 17.9. The lowest BCUT2D eigenvalue weighted by molar-refractivity contribution is -0.148. The fourth-order valence-corrected chi connectivity index (χ4v) is 1.48. The lowest BCUT2D eigenvalue weighted by Gasteiger charge is -2.23. The Hall–Kier alpha value is -2.05. The molecule has 1 amide bonds. The fourth-order valence-electron chi connectivity index (χ4n) is 1.48. The first-order valence-corrected chi connectivity index (χ1v) is 6.34. The largest absolute Gasteiger partial charge is 0.469 e. The molecule has 0 aliphatic heterocycles. The zero-order chi connectivity index (χ0) is 15.5. The molecule has 0 saturated heterocycles. The maximum atomic E-state index is 12.1. The van der Waals surface area contributed by atoms with Crippen LogP contribution in [-0.4, -0.2) is 50.6 Å². The van der Waals surface area contributed by atoms with E-state index in [1.165, 1.54) is 25.3 Å². The molecule has 0 rings (SSSR count). The molecule has 0 aliphatic rings. The van der Waals surface area contributed by atoms with Gasteiger partial charge in [0.25, 0.3) is 0 Å². The monoisotopic (exact) mass is 286 g/mol. The second kappa shape index (κ2) is 9.82. The second-order valence-electron chi connectivity index (χ2n) is 3.96. The van der Waals surface area contributed by atoms with E-state index in [4.69, 9.17) is 0 Å². The summed E-state index contributed by atoms with van der Waals surface area (Å²) in [6.07, 6.45) is 2.50. The van der Waals surface area contributed by atoms with Gasteiger partial charge in [-0.1, -0.05) is 13.3 Å². The zero-order valence-corrected chi connectivity index (χ0v) is 12.4. The Morgan fingerprint density at radius 1 is 1.20 bits per heavy atom. The van der Waals surface area contributed by atoms with Gasteiger partial charge in [0, 0.05) is 19.8 Å². The van der Waals surface area contributed by atoms with Crippen molar-refractivity contribution in [2.24, 2.45) is 0 Å². The molecule has 1 N–H and O–H groups in total. The lowest BCUT2D eigenvalue weighted by atomic mass is 10.2. The number of amides is 1. The SMILES string of the molecule is CCCCN(C(=O)CC(=O)OC)/C(=C/NC)C(=O)OC. The van der Waals surface area contributed by atoms with Crippen molar-refractivity contribution in [1.29, 1.82) is 0 Å². The maximum absolute atomic E-state index is 12.1. The third-order valence-electron chi connectivity index (χ3n) is 2.53. The molecule has 114 valence electrons. The molecule has 0 spiro atoms. The van der Waals surface area contributed by atoms with Gasteiger partial charge in [-0.15, -0.1) is 0 Å². The molecule has 20 heavy (non-hydrogen) atoms. The van der Waals surface area contributed by atoms with Crippen molar-refractivity contribution in [2.75, 3.05) is 27.8 Å². The maximum Gasteiger partial charge on any atom is 0.356 e. The van der Waals surface area contributed by atoms with Crippen LogP contribution in [0.2, 0.25) is 0 Å². The number of rotatable bonds is 8. The minimum Gasteiger partial charge on any atom is -0.469 e. The van der Waals surface area contributed by atoms with Crippen LogP contribution in [0.15, 0.2) is 11.9 Å². The molecule has 0 heterocycles. The number of esters is 2. The van der Waals surface area contributed by atoms with Crippen molar-refractivity contribution >= 4 is 17.8 Å². The van der Waals surface area contributed by atoms with Crippen LogP contribution < -0.4 is 5.32 Å². The van der Waals surface area contributed by atoms with E-state index in [0.717, 1.165) is 6.42 Å². The van der Waals surface area contributed by atoms with Gasteiger partial charge < -0.3 is 19.7 Å². The zero-order valence-electron chi connectivity index (χ0n) is 12.4. The highest BCUT2D eigenvalue weighted by Gasteiger charge is 2.25. The topological polar surface area (TPSA) is 84.9 Å². The Labute approximate surface area is 118 Å². The number of nitrogens with zero attached hydrogens (tertiary/aromatic N) is 1. The van der Waals surface area contributed by atoms with E-state index in [1.54, 1.807) is 7.05 Å². The lowest BCUT2D eigenvalue weighted by Crippen LogP contribution is -2.37. The minimum absolute atomic E-state index is 0.0670. The third-order valence-corrected chi connectivity index (χ3v) is 2.53. The highest BCUT2D eigenvalue weighted by molar-refractivity contribution is 5.99. The van der Waals surface area contributed by atoms with E-state index in [2.05, 4.69) is 14.8 Å². The number of nitrogens with one attached hydrogen (secondary N) is 1. The first-order chi connectivity index (χ1) is 9.51. The molecule has 0 aromatic heterocycles. The van der Waals surface area contributed by atoms with E-state index in [0.29, 0.717) is 13.0 Å². The van der Waals surface area contributed by atoms with Gasteiger partial charge in [-0.2, -0.15) is 0 Å². The van der Waals surface area contributed by atoms with Crippen molar-refractivity contribution in [3.05, 3.63) is 11.9 Å². The first-order valence-electron chi connectivity index (χ1n) is 6.34. The summed E-state index contributed by atoms with van der Waals surface area (Å²) >= 11 is 0. The Balaban J connectivity index is 5.18. The molecule has 0 aromatic rings. The summed E-state index contributed by atoms with van der Waals surface area (Å²) in [5.41, 5.74) is 0.0670. The minimum atomic E-state index is -0.648. The molecule has 0 aliphatic carbocycles. The van der Waals surface area contributed by atoms with E-state index in [-0.39, 0.29) is 5.70 Å². The molecule has 0 bridgehead atoms. The highest BCUT2D eigenvalue weighted by Crippen LogP contribution is 2.10. The Morgan fingerprint density at radius 2 is 1.85 bits per heavy atom. The van der Waals surface area contributed by atoms with Crippen LogP contribution in [0.4, 0.5) is 0 Å². The number of methoxy groups -OCH3 is 2. The molecule has 0 fully saturated rings. The van der Waals surface area contributed by atoms with Gasteiger partial charge in [0.2, 0.25) is 5.91 Å². The molecule has 0 unspecified atom stereocenters. The Kier molecular flexibility index (Phi) is 8.82. The van der Waals surface area contributed by atoms with Crippen LogP contribution >= 0.6 is 0 Å². The second-order valence-corrected chi connectivity index (χ2v) is 3.96. The van der Waals surface area contributed by atoms with Crippen molar-refractivity contribution in [2.45, 2.75) is 26.2 Å². The van der Waals surface area contributed by atoms with E-state index in [1.807, 2.05) is 6.92 Å². The van der Waals surface area contributed by atoms with Gasteiger partial charge in [-0.3, -0.25) is 9.59 Å². The van der Waals surface area contributed by atoms with Gasteiger partial charge in [0.15, 0.2) is 0 Å². The Bertz CT molecular complexity index is 379. The quantitative estimate of drug-likeness (QED) is 0.395. The van der Waals surface area contributed by atoms with Crippen LogP contribution in [-0.2, 0) is 23.9 Å². The average molecular weight is 286 g/mol. The summed E-state index contributed by atoms with van der Waals surface area (Å²) < 4.78 is 9.11. The number of ether oxygens (including phenoxy) is 2. The smallest absolute Gasteiger partial charge is 0.356 e. The molecule has 0 saturated carbocycles. The summed E-state index contributed by atoms with van der Waals surface area (Å²) in [6.45, 7) is 2.29. The molecule has 7 nitrogen and oxygen atoms in total. The van der Waals surface area contributed by atoms with Crippen LogP contribution in [0.1, 0.15) is 26.2 Å². The Morgan fingerprint density at radius 3 is 2.30 bits per heavy atom. The summed E-state index contributed by atoms with van der Waals surface area (Å²) in [4.78, 5) is 36.3. The number of carbonyl (C=O) groups is 3. The molecule has 0 atom stereocenters. The summed E-state index contributed by atoms with van der Waals surface area (Å²) in [7, 11) is 4.04. The summed E-state index contributed by atoms with van der Waals surface area (Å²) in [6, 6.07) is 0. The number of hydrogen-bond donors (Lipinski definition) is 1. The summed E-state index contributed by atoms with van der Waals surface area (Å²) in [5, 5.41) is 2.69. The fraction of sp³-hybridized carbons (Fsp3) is 0.615. The van der Waals surface area contributed by atoms with Crippen LogP contribution in [0.5, 0.6) is 0 Å². The van der Waals surface area contributed by atoms with Gasteiger partial charge in [-0.05, 0) is 6.42 Å². The molecule has 0 aromatic carbocycles. The summed E-state index contributed by atoms with van der Waals surface area (Å²) in [5.74, 6) is -1.80. The van der Waals surface area contributed by atoms with Crippen LogP contribution in [0.3, 0.4) is 0 Å². The van der Waals surface area contributed by atoms with Gasteiger partial charge in [-0.25, -0.2) is 4.79 Å². The number of hydrogen-bond acceptors (Lipinski definition) is 6. The third kappa shape index (κ3) is 5.73. The van der Waals surface area contributed by atoms with Crippen molar-refractivity contribution in [3.63, 3.8) is 0 Å². The van der Waals surface area contributed by atoms with Crippen molar-refractivity contribution in [1.82, 2.24) is 10.2 Å². The van der Waals surface area contributed by atoms with Crippen molar-refractivity contribution in [3.8, 4) is 0 Å². The van der Waals surface area contributed by atoms with E-state index >= 15 is 0 Å². The predicted octanol–water partition coefficient (Wildman–Crippen LogP) is 0.412. The van der Waals surface area contributed by atoms with Gasteiger partial charge >= 0.3 is 11.9 Å². The van der Waals surface area contributed by atoms with Crippen LogP contribution in [0, 0.1) is 0 Å². The van der Waals surface area contributed by atoms with Gasteiger partial charge in [0.05, 0.1) is 14.2 Å². The van der Waals surface area contributed by atoms with E-state index in [9.17, 15) is 14.4 Å². The van der Waals surface area contributed by atoms with Gasteiger partial charge in [0.1, 0.15) is 12.1 Å². The number of unbranched alkanes of at least 4 members (excludes halogenated alkanes) is 1. The van der Waals surface area contributed by atoms with Crippen molar-refractivity contribution < 1.29 is 23.9 Å². The predicted molar refractivity (Wildman–Crippen MR) is 72.4 cm³/mol. The molecule has 7 heteroatoms. The molecular weight excluding hydrogens is 264 g/mol. The van der Waals surface area contributed by atoms with Crippen LogP contribution in [0.25, 0.3) is 0 Å². The highest BCUT2D eigenvalue weighted by atomic mass is 16.5. The number of carbonyl (C=O) groups excluding carboxylic acids is 3.